The van der Waals surface area contributed by atoms with Crippen LogP contribution in [0.1, 0.15) is 24.0 Å². The number of piperidine rings is 1. The molecule has 118 valence electrons. The molecule has 1 fully saturated rings. The van der Waals surface area contributed by atoms with Crippen molar-refractivity contribution in [2.24, 2.45) is 0 Å². The molecule has 0 spiro atoms. The molecule has 1 aliphatic rings. The Kier molecular flexibility index (Phi) is 6.40. The molecule has 0 aliphatic carbocycles. The van der Waals surface area contributed by atoms with Crippen LogP contribution in [-0.4, -0.2) is 18.0 Å². The van der Waals surface area contributed by atoms with Crippen molar-refractivity contribution in [1.29, 1.82) is 5.26 Å². The maximum atomic E-state index is 9.51. The van der Waals surface area contributed by atoms with Crippen LogP contribution in [0.3, 0.4) is 0 Å². The van der Waals surface area contributed by atoms with Crippen LogP contribution in [0.2, 0.25) is 0 Å². The normalized spacial score (nSPS) is 14.7. The zero-order valence-electron chi connectivity index (χ0n) is 13.1. The predicted octanol–water partition coefficient (Wildman–Crippen LogP) is 4.68. The van der Waals surface area contributed by atoms with Gasteiger partial charge in [0.25, 0.3) is 0 Å². The van der Waals surface area contributed by atoms with Gasteiger partial charge in [0.2, 0.25) is 0 Å². The Morgan fingerprint density at radius 2 is 1.48 bits per heavy atom. The topological polar surface area (TPSA) is 27.0 Å². The van der Waals surface area contributed by atoms with Crippen LogP contribution in [-0.2, 0) is 6.54 Å². The summed E-state index contributed by atoms with van der Waals surface area (Å²) in [5.41, 5.74) is 4.59. The van der Waals surface area contributed by atoms with Crippen molar-refractivity contribution in [3.05, 3.63) is 77.4 Å². The standard InChI is InChI=1S/C20H20N2.ClH/c21-15-20(18-9-5-2-6-10-18)19-11-13-22(14-12-19)16-17-7-3-1-4-8-17;/h1-10H,11-14,16H2;1H. The number of hydrogen-bond donors (Lipinski definition) is 0. The number of benzene rings is 2. The lowest BCUT2D eigenvalue weighted by molar-refractivity contribution is 0.249. The van der Waals surface area contributed by atoms with Gasteiger partial charge in [-0.2, -0.15) is 5.26 Å². The lowest BCUT2D eigenvalue weighted by Crippen LogP contribution is -2.30. The van der Waals surface area contributed by atoms with E-state index in [1.165, 1.54) is 11.1 Å². The summed E-state index contributed by atoms with van der Waals surface area (Å²) >= 11 is 0. The third-order valence-electron chi connectivity index (χ3n) is 4.24. The second kappa shape index (κ2) is 8.53. The van der Waals surface area contributed by atoms with Crippen molar-refractivity contribution in [3.8, 4) is 6.07 Å². The quantitative estimate of drug-likeness (QED) is 0.766. The van der Waals surface area contributed by atoms with Crippen molar-refractivity contribution in [3.63, 3.8) is 0 Å². The molecule has 0 saturated carbocycles. The van der Waals surface area contributed by atoms with E-state index in [0.717, 1.165) is 43.6 Å². The highest BCUT2D eigenvalue weighted by molar-refractivity contribution is 5.85. The summed E-state index contributed by atoms with van der Waals surface area (Å²) in [7, 11) is 0. The first-order valence-corrected chi connectivity index (χ1v) is 7.80. The second-order valence-corrected chi connectivity index (χ2v) is 5.72. The maximum Gasteiger partial charge on any atom is 0.0997 e. The lowest BCUT2D eigenvalue weighted by Gasteiger charge is -2.29. The molecular formula is C20H21ClN2. The van der Waals surface area contributed by atoms with Crippen LogP contribution >= 0.6 is 12.4 Å². The Morgan fingerprint density at radius 3 is 2.04 bits per heavy atom. The number of allylic oxidation sites excluding steroid dienone is 1. The summed E-state index contributed by atoms with van der Waals surface area (Å²) in [5, 5.41) is 9.51. The van der Waals surface area contributed by atoms with Gasteiger partial charge >= 0.3 is 0 Å². The summed E-state index contributed by atoms with van der Waals surface area (Å²) in [5.74, 6) is 0. The first-order valence-electron chi connectivity index (χ1n) is 7.80. The minimum Gasteiger partial charge on any atom is -0.298 e. The first kappa shape index (κ1) is 17.3. The van der Waals surface area contributed by atoms with E-state index >= 15 is 0 Å². The average Bonchev–Trinajstić information content (AvgIpc) is 2.59. The zero-order chi connectivity index (χ0) is 15.2. The summed E-state index contributed by atoms with van der Waals surface area (Å²) in [6.45, 7) is 3.06. The minimum absolute atomic E-state index is 0. The van der Waals surface area contributed by atoms with E-state index in [1.807, 2.05) is 30.3 Å². The molecule has 1 heterocycles. The molecular weight excluding hydrogens is 304 g/mol. The summed E-state index contributed by atoms with van der Waals surface area (Å²) < 4.78 is 0. The van der Waals surface area contributed by atoms with Gasteiger partial charge in [-0.3, -0.25) is 4.90 Å². The molecule has 2 aromatic carbocycles. The molecule has 0 unspecified atom stereocenters. The molecule has 3 heteroatoms. The largest absolute Gasteiger partial charge is 0.298 e. The van der Waals surface area contributed by atoms with E-state index in [4.69, 9.17) is 0 Å². The Balaban J connectivity index is 0.00000192. The van der Waals surface area contributed by atoms with Gasteiger partial charge in [0.15, 0.2) is 0 Å². The fourth-order valence-corrected chi connectivity index (χ4v) is 3.03. The highest BCUT2D eigenvalue weighted by Crippen LogP contribution is 2.26. The third-order valence-corrected chi connectivity index (χ3v) is 4.24. The molecule has 0 N–H and O–H groups in total. The monoisotopic (exact) mass is 324 g/mol. The van der Waals surface area contributed by atoms with Crippen molar-refractivity contribution in [1.82, 2.24) is 4.90 Å². The molecule has 0 radical (unpaired) electrons. The Labute approximate surface area is 144 Å². The molecule has 0 bridgehead atoms. The van der Waals surface area contributed by atoms with Crippen LogP contribution in [0.25, 0.3) is 5.57 Å². The number of nitriles is 1. The number of halogens is 1. The van der Waals surface area contributed by atoms with Crippen molar-refractivity contribution < 1.29 is 0 Å². The lowest BCUT2D eigenvalue weighted by atomic mass is 9.94. The first-order chi connectivity index (χ1) is 10.9. The van der Waals surface area contributed by atoms with E-state index < -0.39 is 0 Å². The average molecular weight is 325 g/mol. The van der Waals surface area contributed by atoms with Crippen molar-refractivity contribution in [2.75, 3.05) is 13.1 Å². The van der Waals surface area contributed by atoms with Gasteiger partial charge in [-0.15, -0.1) is 12.4 Å². The second-order valence-electron chi connectivity index (χ2n) is 5.72. The van der Waals surface area contributed by atoms with Gasteiger partial charge in [-0.1, -0.05) is 60.7 Å². The fraction of sp³-hybridized carbons (Fsp3) is 0.250. The van der Waals surface area contributed by atoms with E-state index in [0.29, 0.717) is 0 Å². The van der Waals surface area contributed by atoms with E-state index in [2.05, 4.69) is 41.3 Å². The summed E-state index contributed by atoms with van der Waals surface area (Å²) in [4.78, 5) is 2.47. The number of nitrogens with zero attached hydrogens (tertiary/aromatic N) is 2. The maximum absolute atomic E-state index is 9.51. The van der Waals surface area contributed by atoms with Crippen LogP contribution in [0.15, 0.2) is 66.2 Å². The van der Waals surface area contributed by atoms with Crippen LogP contribution < -0.4 is 0 Å². The molecule has 1 aliphatic heterocycles. The molecule has 0 atom stereocenters. The highest BCUT2D eigenvalue weighted by Gasteiger charge is 2.17. The number of likely N-dealkylation sites (tertiary alicyclic amines) is 1. The van der Waals surface area contributed by atoms with Crippen LogP contribution in [0.5, 0.6) is 0 Å². The number of hydrogen-bond acceptors (Lipinski definition) is 2. The third kappa shape index (κ3) is 4.45. The smallest absolute Gasteiger partial charge is 0.0997 e. The molecule has 0 aromatic heterocycles. The Morgan fingerprint density at radius 1 is 0.913 bits per heavy atom. The van der Waals surface area contributed by atoms with Gasteiger partial charge < -0.3 is 0 Å². The number of rotatable bonds is 3. The molecule has 23 heavy (non-hydrogen) atoms. The van der Waals surface area contributed by atoms with Gasteiger partial charge in [0, 0.05) is 19.6 Å². The molecule has 2 aromatic rings. The van der Waals surface area contributed by atoms with Crippen LogP contribution in [0.4, 0.5) is 0 Å². The van der Waals surface area contributed by atoms with E-state index in [-0.39, 0.29) is 12.4 Å². The SMILES string of the molecule is Cl.N#CC(=C1CCN(Cc2ccccc2)CC1)c1ccccc1. The zero-order valence-corrected chi connectivity index (χ0v) is 13.9. The Bertz CT molecular complexity index is 677. The predicted molar refractivity (Wildman–Crippen MR) is 97.2 cm³/mol. The van der Waals surface area contributed by atoms with Gasteiger partial charge in [-0.25, -0.2) is 0 Å². The fourth-order valence-electron chi connectivity index (χ4n) is 3.03. The molecule has 3 rings (SSSR count). The van der Waals surface area contributed by atoms with E-state index in [1.54, 1.807) is 0 Å². The van der Waals surface area contributed by atoms with Gasteiger partial charge in [0.1, 0.15) is 0 Å². The minimum atomic E-state index is 0. The van der Waals surface area contributed by atoms with Crippen molar-refractivity contribution >= 4 is 18.0 Å². The summed E-state index contributed by atoms with van der Waals surface area (Å²) in [6.07, 6.45) is 1.98. The van der Waals surface area contributed by atoms with Gasteiger partial charge in [0.05, 0.1) is 11.6 Å². The molecule has 2 nitrogen and oxygen atoms in total. The van der Waals surface area contributed by atoms with Gasteiger partial charge in [-0.05, 0) is 29.5 Å². The molecule has 1 saturated heterocycles. The Hall–Kier alpha value is -2.08. The van der Waals surface area contributed by atoms with Crippen LogP contribution in [0, 0.1) is 11.3 Å². The van der Waals surface area contributed by atoms with Crippen molar-refractivity contribution in [2.45, 2.75) is 19.4 Å². The summed E-state index contributed by atoms with van der Waals surface area (Å²) in [6, 6.07) is 23.1. The van der Waals surface area contributed by atoms with E-state index in [9.17, 15) is 5.26 Å². The molecule has 0 amide bonds. The highest BCUT2D eigenvalue weighted by atomic mass is 35.5.